The Labute approximate surface area is 130 Å². The van der Waals surface area contributed by atoms with Gasteiger partial charge in [-0.1, -0.05) is 15.9 Å². The molecule has 3 rings (SSSR count). The van der Waals surface area contributed by atoms with Crippen molar-refractivity contribution >= 4 is 44.5 Å². The fourth-order valence-electron chi connectivity index (χ4n) is 2.31. The lowest BCUT2D eigenvalue weighted by atomic mass is 10.2. The second kappa shape index (κ2) is 5.37. The molecule has 1 fully saturated rings. The number of rotatable bonds is 4. The summed E-state index contributed by atoms with van der Waals surface area (Å²) in [6, 6.07) is 5.87. The Kier molecular flexibility index (Phi) is 3.73. The lowest BCUT2D eigenvalue weighted by molar-refractivity contribution is -0.123. The minimum Gasteiger partial charge on any atom is -0.352 e. The first-order chi connectivity index (χ1) is 9.60. The maximum Gasteiger partial charge on any atom is 0.243 e. The van der Waals surface area contributed by atoms with Crippen molar-refractivity contribution in [3.8, 4) is 0 Å². The summed E-state index contributed by atoms with van der Waals surface area (Å²) in [4.78, 5) is 16.8. The zero-order chi connectivity index (χ0) is 14.3. The van der Waals surface area contributed by atoms with E-state index in [4.69, 9.17) is 11.6 Å². The smallest absolute Gasteiger partial charge is 0.243 e. The molecule has 0 bridgehead atoms. The van der Waals surface area contributed by atoms with Crippen LogP contribution in [0.25, 0.3) is 11.0 Å². The number of carbonyl (C=O) groups is 1. The standard InChI is InChI=1S/C14H15BrClN3O/c1-8(14(20)17-10-3-4-10)19-12-6-9(15)2-5-11(12)18-13(19)7-16/h2,5-6,8,10H,3-4,7H2,1H3,(H,17,20). The normalized spacial score (nSPS) is 16.4. The Bertz CT molecular complexity index is 666. The molecule has 1 saturated carbocycles. The molecule has 1 aromatic carbocycles. The maximum absolute atomic E-state index is 12.3. The van der Waals surface area contributed by atoms with Crippen LogP contribution < -0.4 is 5.32 Å². The number of fused-ring (bicyclic) bond motifs is 1. The number of benzene rings is 1. The van der Waals surface area contributed by atoms with Crippen LogP contribution in [0.2, 0.25) is 0 Å². The fourth-order valence-corrected chi connectivity index (χ4v) is 2.85. The third-order valence-electron chi connectivity index (χ3n) is 3.53. The first kappa shape index (κ1) is 13.9. The van der Waals surface area contributed by atoms with Gasteiger partial charge in [-0.05, 0) is 38.0 Å². The van der Waals surface area contributed by atoms with Crippen LogP contribution in [0.3, 0.4) is 0 Å². The molecule has 1 aromatic heterocycles. The molecule has 6 heteroatoms. The number of alkyl halides is 1. The SMILES string of the molecule is CC(C(=O)NC1CC1)n1c(CCl)nc2ccc(Br)cc21. The number of carbonyl (C=O) groups excluding carboxylic acids is 1. The van der Waals surface area contributed by atoms with Gasteiger partial charge in [-0.2, -0.15) is 0 Å². The molecular formula is C14H15BrClN3O. The van der Waals surface area contributed by atoms with E-state index >= 15 is 0 Å². The van der Waals surface area contributed by atoms with Gasteiger partial charge >= 0.3 is 0 Å². The molecule has 106 valence electrons. The van der Waals surface area contributed by atoms with E-state index in [1.807, 2.05) is 29.7 Å². The van der Waals surface area contributed by atoms with E-state index < -0.39 is 0 Å². The summed E-state index contributed by atoms with van der Waals surface area (Å²) >= 11 is 9.44. The van der Waals surface area contributed by atoms with Crippen molar-refractivity contribution in [3.63, 3.8) is 0 Å². The molecule has 20 heavy (non-hydrogen) atoms. The number of amides is 1. The molecule has 0 radical (unpaired) electrons. The van der Waals surface area contributed by atoms with E-state index in [-0.39, 0.29) is 17.8 Å². The molecule has 0 spiro atoms. The van der Waals surface area contributed by atoms with Crippen LogP contribution in [0.4, 0.5) is 0 Å². The van der Waals surface area contributed by atoms with Crippen molar-refractivity contribution in [2.24, 2.45) is 0 Å². The lowest BCUT2D eigenvalue weighted by Gasteiger charge is -2.16. The Morgan fingerprint density at radius 3 is 3.00 bits per heavy atom. The van der Waals surface area contributed by atoms with Gasteiger partial charge in [-0.15, -0.1) is 11.6 Å². The van der Waals surface area contributed by atoms with Crippen LogP contribution >= 0.6 is 27.5 Å². The van der Waals surface area contributed by atoms with Crippen molar-refractivity contribution in [1.82, 2.24) is 14.9 Å². The van der Waals surface area contributed by atoms with Crippen LogP contribution in [-0.2, 0) is 10.7 Å². The van der Waals surface area contributed by atoms with Crippen LogP contribution in [0, 0.1) is 0 Å². The molecule has 0 saturated heterocycles. The Hall–Kier alpha value is -1.07. The summed E-state index contributed by atoms with van der Waals surface area (Å²) < 4.78 is 2.88. The van der Waals surface area contributed by atoms with E-state index in [2.05, 4.69) is 26.2 Å². The van der Waals surface area contributed by atoms with Crippen LogP contribution in [0.15, 0.2) is 22.7 Å². The van der Waals surface area contributed by atoms with Crippen LogP contribution in [0.1, 0.15) is 31.6 Å². The molecule has 1 N–H and O–H groups in total. The quantitative estimate of drug-likeness (QED) is 0.854. The minimum absolute atomic E-state index is 0.0261. The van der Waals surface area contributed by atoms with E-state index in [1.54, 1.807) is 0 Å². The zero-order valence-corrected chi connectivity index (χ0v) is 13.4. The largest absolute Gasteiger partial charge is 0.352 e. The zero-order valence-electron chi connectivity index (χ0n) is 11.1. The van der Waals surface area contributed by atoms with E-state index in [9.17, 15) is 4.79 Å². The predicted molar refractivity (Wildman–Crippen MR) is 82.9 cm³/mol. The van der Waals surface area contributed by atoms with Crippen molar-refractivity contribution in [2.75, 3.05) is 0 Å². The second-order valence-corrected chi connectivity index (χ2v) is 6.31. The summed E-state index contributed by atoms with van der Waals surface area (Å²) in [7, 11) is 0. The monoisotopic (exact) mass is 355 g/mol. The molecule has 1 heterocycles. The number of aromatic nitrogens is 2. The number of nitrogens with one attached hydrogen (secondary N) is 1. The first-order valence-corrected chi connectivity index (χ1v) is 7.95. The van der Waals surface area contributed by atoms with Gasteiger partial charge in [-0.25, -0.2) is 4.98 Å². The van der Waals surface area contributed by atoms with Crippen LogP contribution in [-0.4, -0.2) is 21.5 Å². The number of hydrogen-bond donors (Lipinski definition) is 1. The van der Waals surface area contributed by atoms with Gasteiger partial charge < -0.3 is 9.88 Å². The molecular weight excluding hydrogens is 342 g/mol. The Balaban J connectivity index is 2.02. The summed E-state index contributed by atoms with van der Waals surface area (Å²) in [5.41, 5.74) is 1.78. The number of nitrogens with zero attached hydrogens (tertiary/aromatic N) is 2. The number of hydrogen-bond acceptors (Lipinski definition) is 2. The van der Waals surface area contributed by atoms with Gasteiger partial charge in [-0.3, -0.25) is 4.79 Å². The average Bonchev–Trinajstić information content (AvgIpc) is 3.16. The number of halogens is 2. The third kappa shape index (κ3) is 2.56. The van der Waals surface area contributed by atoms with Crippen LogP contribution in [0.5, 0.6) is 0 Å². The van der Waals surface area contributed by atoms with Crippen molar-refractivity contribution in [1.29, 1.82) is 0 Å². The topological polar surface area (TPSA) is 46.9 Å². The molecule has 1 amide bonds. The van der Waals surface area contributed by atoms with Crippen molar-refractivity contribution in [2.45, 2.75) is 37.7 Å². The summed E-state index contributed by atoms with van der Waals surface area (Å²) in [5, 5.41) is 3.03. The fraction of sp³-hybridized carbons (Fsp3) is 0.429. The van der Waals surface area contributed by atoms with Crippen molar-refractivity contribution in [3.05, 3.63) is 28.5 Å². The molecule has 1 aliphatic carbocycles. The van der Waals surface area contributed by atoms with Gasteiger partial charge in [0, 0.05) is 10.5 Å². The van der Waals surface area contributed by atoms with Gasteiger partial charge in [0.1, 0.15) is 11.9 Å². The Morgan fingerprint density at radius 1 is 1.60 bits per heavy atom. The summed E-state index contributed by atoms with van der Waals surface area (Å²) in [6.45, 7) is 1.88. The molecule has 4 nitrogen and oxygen atoms in total. The maximum atomic E-state index is 12.3. The molecule has 0 aliphatic heterocycles. The molecule has 2 aromatic rings. The van der Waals surface area contributed by atoms with E-state index in [1.165, 1.54) is 0 Å². The van der Waals surface area contributed by atoms with Gasteiger partial charge in [0.15, 0.2) is 0 Å². The number of imidazole rings is 1. The molecule has 1 atom stereocenters. The Morgan fingerprint density at radius 2 is 2.35 bits per heavy atom. The minimum atomic E-state index is -0.316. The average molecular weight is 357 g/mol. The second-order valence-electron chi connectivity index (χ2n) is 5.12. The molecule has 1 aliphatic rings. The lowest BCUT2D eigenvalue weighted by Crippen LogP contribution is -2.33. The highest BCUT2D eigenvalue weighted by molar-refractivity contribution is 9.10. The highest BCUT2D eigenvalue weighted by atomic mass is 79.9. The van der Waals surface area contributed by atoms with Gasteiger partial charge in [0.05, 0.1) is 16.9 Å². The third-order valence-corrected chi connectivity index (χ3v) is 4.27. The van der Waals surface area contributed by atoms with Gasteiger partial charge in [0.25, 0.3) is 0 Å². The van der Waals surface area contributed by atoms with Crippen molar-refractivity contribution < 1.29 is 4.79 Å². The van der Waals surface area contributed by atoms with Gasteiger partial charge in [0.2, 0.25) is 5.91 Å². The highest BCUT2D eigenvalue weighted by Gasteiger charge is 2.28. The first-order valence-electron chi connectivity index (χ1n) is 6.63. The van der Waals surface area contributed by atoms with E-state index in [0.717, 1.165) is 34.2 Å². The summed E-state index contributed by atoms with van der Waals surface area (Å²) in [6.07, 6.45) is 2.16. The predicted octanol–water partition coefficient (Wildman–Crippen LogP) is 3.38. The summed E-state index contributed by atoms with van der Waals surface area (Å²) in [5.74, 6) is 1.03. The highest BCUT2D eigenvalue weighted by Crippen LogP contribution is 2.26. The van der Waals surface area contributed by atoms with E-state index in [0.29, 0.717) is 6.04 Å². The molecule has 1 unspecified atom stereocenters.